The van der Waals surface area contributed by atoms with Crippen LogP contribution in [-0.4, -0.2) is 37.9 Å². The highest BCUT2D eigenvalue weighted by atomic mass is 32.2. The largest absolute Gasteiger partial charge is 0.471 e. The molecule has 2 unspecified atom stereocenters. The first-order valence-corrected chi connectivity index (χ1v) is 13.1. The SMILES string of the molecule is CC1(CC2CCC2)C(=O)C(C2=NS(=O)(=O)c3cc(NC(=O)C(F)(F)F)ccc3N2)C(=O)c2ccccc21. The van der Waals surface area contributed by atoms with Crippen molar-refractivity contribution in [2.75, 3.05) is 10.6 Å². The summed E-state index contributed by atoms with van der Waals surface area (Å²) in [5.74, 6) is -4.84. The molecular formula is C25H22F3N3O5S. The van der Waals surface area contributed by atoms with Gasteiger partial charge in [-0.15, -0.1) is 4.40 Å². The predicted molar refractivity (Wildman–Crippen MR) is 128 cm³/mol. The number of fused-ring (bicyclic) bond motifs is 2. The second-order valence-electron chi connectivity index (χ2n) is 9.78. The lowest BCUT2D eigenvalue weighted by Crippen LogP contribution is -2.52. The Balaban J connectivity index is 1.53. The summed E-state index contributed by atoms with van der Waals surface area (Å²) in [6.45, 7) is 1.77. The third-order valence-electron chi connectivity index (χ3n) is 7.31. The summed E-state index contributed by atoms with van der Waals surface area (Å²) in [5.41, 5.74) is -0.572. The highest BCUT2D eigenvalue weighted by molar-refractivity contribution is 7.90. The number of rotatable bonds is 4. The van der Waals surface area contributed by atoms with Crippen LogP contribution < -0.4 is 10.6 Å². The zero-order valence-corrected chi connectivity index (χ0v) is 20.4. The second-order valence-corrected chi connectivity index (χ2v) is 11.4. The van der Waals surface area contributed by atoms with Crippen LogP contribution in [0.5, 0.6) is 0 Å². The standard InChI is InChI=1S/C25H22F3N3O5S/c1-24(12-13-5-4-6-13)16-8-3-2-7-15(16)20(32)19(21(24)33)22-30-17-10-9-14(29-23(34)25(26,27)28)11-18(17)37(35,36)31-22/h2-3,7-11,13,19H,4-6,12H2,1H3,(H,29,34)(H,30,31). The van der Waals surface area contributed by atoms with Crippen LogP contribution in [0.3, 0.4) is 0 Å². The molecule has 12 heteroatoms. The Kier molecular flexibility index (Phi) is 5.78. The molecule has 1 amide bonds. The number of nitrogens with zero attached hydrogens (tertiary/aromatic N) is 1. The van der Waals surface area contributed by atoms with Gasteiger partial charge >= 0.3 is 12.1 Å². The molecule has 8 nitrogen and oxygen atoms in total. The van der Waals surface area contributed by atoms with Crippen molar-refractivity contribution in [3.05, 3.63) is 53.6 Å². The van der Waals surface area contributed by atoms with Crippen LogP contribution in [0.15, 0.2) is 51.8 Å². The van der Waals surface area contributed by atoms with Gasteiger partial charge in [-0.05, 0) is 43.0 Å². The van der Waals surface area contributed by atoms with Crippen molar-refractivity contribution in [1.82, 2.24) is 0 Å². The summed E-state index contributed by atoms with van der Waals surface area (Å²) < 4.78 is 67.6. The number of alkyl halides is 3. The van der Waals surface area contributed by atoms with Gasteiger partial charge in [-0.1, -0.05) is 43.5 Å². The molecule has 1 fully saturated rings. The Bertz CT molecular complexity index is 1480. The smallest absolute Gasteiger partial charge is 0.341 e. The minimum Gasteiger partial charge on any atom is -0.341 e. The fourth-order valence-corrected chi connectivity index (χ4v) is 6.40. The van der Waals surface area contributed by atoms with Gasteiger partial charge in [-0.25, -0.2) is 0 Å². The van der Waals surface area contributed by atoms with E-state index in [2.05, 4.69) is 9.71 Å². The maximum Gasteiger partial charge on any atom is 0.471 e. The van der Waals surface area contributed by atoms with E-state index in [9.17, 15) is 36.0 Å². The fraction of sp³-hybridized carbons (Fsp3) is 0.360. The van der Waals surface area contributed by atoms with E-state index in [-0.39, 0.29) is 11.5 Å². The lowest BCUT2D eigenvalue weighted by atomic mass is 9.60. The van der Waals surface area contributed by atoms with E-state index in [0.29, 0.717) is 23.5 Å². The molecule has 1 aliphatic heterocycles. The highest BCUT2D eigenvalue weighted by Gasteiger charge is 2.52. The van der Waals surface area contributed by atoms with Gasteiger partial charge in [0.05, 0.1) is 11.1 Å². The molecule has 2 aromatic carbocycles. The van der Waals surface area contributed by atoms with Gasteiger partial charge in [0, 0.05) is 11.3 Å². The number of benzene rings is 2. The number of carbonyl (C=O) groups excluding carboxylic acids is 3. The maximum absolute atomic E-state index is 13.9. The van der Waals surface area contributed by atoms with Gasteiger partial charge in [0.25, 0.3) is 10.0 Å². The molecule has 0 aromatic heterocycles. The number of hydrogen-bond acceptors (Lipinski definition) is 6. The fourth-order valence-electron chi connectivity index (χ4n) is 5.22. The average molecular weight is 534 g/mol. The number of nitrogens with one attached hydrogen (secondary N) is 2. The van der Waals surface area contributed by atoms with Crippen LogP contribution in [0, 0.1) is 11.8 Å². The molecule has 3 aliphatic rings. The van der Waals surface area contributed by atoms with Gasteiger partial charge in [-0.2, -0.15) is 21.6 Å². The Labute approximate surface area is 210 Å². The number of halogens is 3. The van der Waals surface area contributed by atoms with Crippen LogP contribution in [0.4, 0.5) is 24.5 Å². The summed E-state index contributed by atoms with van der Waals surface area (Å²) in [6, 6.07) is 9.84. The van der Waals surface area contributed by atoms with Gasteiger partial charge in [0.1, 0.15) is 16.6 Å². The number of amidine groups is 1. The Hall–Kier alpha value is -3.54. The number of ketones is 2. The molecule has 0 radical (unpaired) electrons. The number of hydrogen-bond donors (Lipinski definition) is 2. The van der Waals surface area contributed by atoms with Crippen molar-refractivity contribution in [2.24, 2.45) is 16.2 Å². The second kappa shape index (κ2) is 8.51. The molecule has 2 aromatic rings. The Morgan fingerprint density at radius 2 is 1.86 bits per heavy atom. The van der Waals surface area contributed by atoms with E-state index in [0.717, 1.165) is 37.5 Å². The highest BCUT2D eigenvalue weighted by Crippen LogP contribution is 2.46. The van der Waals surface area contributed by atoms with Crippen LogP contribution in [-0.2, 0) is 25.0 Å². The molecule has 2 aliphatic carbocycles. The van der Waals surface area contributed by atoms with E-state index in [1.54, 1.807) is 36.5 Å². The predicted octanol–water partition coefficient (Wildman–Crippen LogP) is 4.23. The monoisotopic (exact) mass is 533 g/mol. The zero-order chi connectivity index (χ0) is 26.8. The summed E-state index contributed by atoms with van der Waals surface area (Å²) in [4.78, 5) is 38.1. The zero-order valence-electron chi connectivity index (χ0n) is 19.6. The molecule has 5 rings (SSSR count). The van der Waals surface area contributed by atoms with E-state index in [1.165, 1.54) is 0 Å². The van der Waals surface area contributed by atoms with Gasteiger partial charge in [0.2, 0.25) is 0 Å². The minimum absolute atomic E-state index is 0.0739. The third kappa shape index (κ3) is 4.22. The lowest BCUT2D eigenvalue weighted by molar-refractivity contribution is -0.167. The van der Waals surface area contributed by atoms with Crippen molar-refractivity contribution >= 4 is 44.7 Å². The molecule has 1 saturated carbocycles. The Morgan fingerprint density at radius 1 is 1.16 bits per heavy atom. The number of Topliss-reactive ketones (excluding diaryl/α,β-unsaturated/α-hetero) is 2. The molecule has 2 N–H and O–H groups in total. The molecule has 194 valence electrons. The average Bonchev–Trinajstić information content (AvgIpc) is 2.80. The van der Waals surface area contributed by atoms with E-state index >= 15 is 0 Å². The van der Waals surface area contributed by atoms with Crippen molar-refractivity contribution in [1.29, 1.82) is 0 Å². The first kappa shape index (κ1) is 25.1. The summed E-state index contributed by atoms with van der Waals surface area (Å²) in [5, 5.41) is 4.33. The summed E-state index contributed by atoms with van der Waals surface area (Å²) in [7, 11) is -4.52. The first-order chi connectivity index (χ1) is 17.3. The van der Waals surface area contributed by atoms with Crippen molar-refractivity contribution < 1.29 is 36.0 Å². The number of sulfonamides is 1. The normalized spacial score (nSPS) is 24.8. The molecule has 0 bridgehead atoms. The van der Waals surface area contributed by atoms with Crippen molar-refractivity contribution in [3.63, 3.8) is 0 Å². The Morgan fingerprint density at radius 3 is 2.51 bits per heavy atom. The molecule has 0 saturated heterocycles. The van der Waals surface area contributed by atoms with Crippen LogP contribution in [0.1, 0.15) is 48.5 Å². The first-order valence-electron chi connectivity index (χ1n) is 11.6. The maximum atomic E-state index is 13.9. The van der Waals surface area contributed by atoms with Gasteiger partial charge in [-0.3, -0.25) is 14.4 Å². The van der Waals surface area contributed by atoms with Gasteiger partial charge < -0.3 is 10.6 Å². The van der Waals surface area contributed by atoms with Crippen LogP contribution in [0.25, 0.3) is 0 Å². The number of amides is 1. The molecular weight excluding hydrogens is 511 g/mol. The molecule has 2 atom stereocenters. The van der Waals surface area contributed by atoms with Crippen molar-refractivity contribution in [2.45, 2.75) is 49.1 Å². The van der Waals surface area contributed by atoms with E-state index in [4.69, 9.17) is 0 Å². The van der Waals surface area contributed by atoms with E-state index in [1.807, 2.05) is 0 Å². The van der Waals surface area contributed by atoms with E-state index < -0.39 is 55.6 Å². The lowest BCUT2D eigenvalue weighted by Gasteiger charge is -2.42. The molecule has 1 heterocycles. The summed E-state index contributed by atoms with van der Waals surface area (Å²) in [6.07, 6.45) is -1.64. The number of anilines is 2. The van der Waals surface area contributed by atoms with Crippen LogP contribution >= 0.6 is 0 Å². The third-order valence-corrected chi connectivity index (χ3v) is 8.64. The quantitative estimate of drug-likeness (QED) is 0.568. The molecule has 37 heavy (non-hydrogen) atoms. The van der Waals surface area contributed by atoms with Gasteiger partial charge in [0.15, 0.2) is 11.6 Å². The molecule has 0 spiro atoms. The van der Waals surface area contributed by atoms with Crippen molar-refractivity contribution in [3.8, 4) is 0 Å². The number of carbonyl (C=O) groups is 3. The summed E-state index contributed by atoms with van der Waals surface area (Å²) >= 11 is 0. The topological polar surface area (TPSA) is 122 Å². The van der Waals surface area contributed by atoms with Crippen LogP contribution in [0.2, 0.25) is 0 Å². The minimum atomic E-state index is -5.16.